The van der Waals surface area contributed by atoms with Gasteiger partial charge in [0.15, 0.2) is 5.41 Å². The molecular formula is C23H40O6. The maximum Gasteiger partial charge on any atom is 0.323 e. The van der Waals surface area contributed by atoms with E-state index in [1.54, 1.807) is 6.92 Å². The molecule has 1 fully saturated rings. The molecule has 0 radical (unpaired) electrons. The number of hydrogen-bond donors (Lipinski definition) is 0. The summed E-state index contributed by atoms with van der Waals surface area (Å²) in [6.45, 7) is 4.19. The van der Waals surface area contributed by atoms with Gasteiger partial charge in [-0.3, -0.25) is 14.4 Å². The van der Waals surface area contributed by atoms with Crippen LogP contribution in [0.3, 0.4) is 0 Å². The molecule has 0 aliphatic carbocycles. The molecule has 6 heteroatoms. The van der Waals surface area contributed by atoms with Crippen molar-refractivity contribution in [2.45, 2.75) is 110 Å². The highest BCUT2D eigenvalue weighted by atomic mass is 16.6. The average Bonchev–Trinajstić information content (AvgIpc) is 3.03. The number of cyclic esters (lactones) is 1. The quantitative estimate of drug-likeness (QED) is 0.152. The van der Waals surface area contributed by atoms with E-state index in [9.17, 15) is 14.4 Å². The fourth-order valence-electron chi connectivity index (χ4n) is 3.98. The summed E-state index contributed by atoms with van der Waals surface area (Å²) in [5.74, 6) is -0.942. The lowest BCUT2D eigenvalue weighted by atomic mass is 9.79. The summed E-state index contributed by atoms with van der Waals surface area (Å²) in [6, 6.07) is 0. The molecule has 0 saturated carbocycles. The van der Waals surface area contributed by atoms with E-state index < -0.39 is 11.4 Å². The standard InChI is InChI=1S/C23H40O6/c1-4-6-7-14-17-23(21(25)28-5-2)18-19(29-22(23)26)15-12-10-8-9-11-13-16-20(24)27-3/h19H,4-18H2,1-3H3/t19-,23+/m1/s1. The lowest BCUT2D eigenvalue weighted by Crippen LogP contribution is -2.37. The molecule has 2 atom stereocenters. The van der Waals surface area contributed by atoms with Crippen LogP contribution >= 0.6 is 0 Å². The SMILES string of the molecule is CCCCCC[C@@]1(C(=O)OCC)C[C@@H](CCCCCCCCC(=O)OC)OC1=O. The molecule has 1 aliphatic rings. The minimum absolute atomic E-state index is 0.146. The van der Waals surface area contributed by atoms with E-state index in [0.717, 1.165) is 70.6 Å². The lowest BCUT2D eigenvalue weighted by Gasteiger charge is -2.22. The molecule has 0 amide bonds. The van der Waals surface area contributed by atoms with Gasteiger partial charge in [-0.15, -0.1) is 0 Å². The predicted octanol–water partition coefficient (Wildman–Crippen LogP) is 5.12. The number of ether oxygens (including phenoxy) is 3. The molecule has 1 rings (SSSR count). The maximum atomic E-state index is 12.6. The van der Waals surface area contributed by atoms with Crippen molar-refractivity contribution in [2.75, 3.05) is 13.7 Å². The number of carbonyl (C=O) groups is 3. The summed E-state index contributed by atoms with van der Waals surface area (Å²) in [4.78, 5) is 36.3. The van der Waals surface area contributed by atoms with Gasteiger partial charge in [-0.2, -0.15) is 0 Å². The van der Waals surface area contributed by atoms with Gasteiger partial charge >= 0.3 is 17.9 Å². The predicted molar refractivity (Wildman–Crippen MR) is 111 cm³/mol. The van der Waals surface area contributed by atoms with Gasteiger partial charge in [-0.1, -0.05) is 58.3 Å². The molecule has 1 saturated heterocycles. The van der Waals surface area contributed by atoms with Crippen molar-refractivity contribution in [1.82, 2.24) is 0 Å². The second-order valence-electron chi connectivity index (χ2n) is 8.08. The van der Waals surface area contributed by atoms with Crippen molar-refractivity contribution in [3.63, 3.8) is 0 Å². The van der Waals surface area contributed by atoms with E-state index in [1.807, 2.05) is 0 Å². The zero-order valence-corrected chi connectivity index (χ0v) is 18.6. The van der Waals surface area contributed by atoms with Gasteiger partial charge in [0, 0.05) is 12.8 Å². The first-order valence-corrected chi connectivity index (χ1v) is 11.4. The molecule has 0 N–H and O–H groups in total. The largest absolute Gasteiger partial charge is 0.469 e. The Hall–Kier alpha value is -1.59. The van der Waals surface area contributed by atoms with Crippen molar-refractivity contribution < 1.29 is 28.6 Å². The van der Waals surface area contributed by atoms with Gasteiger partial charge in [0.2, 0.25) is 0 Å². The zero-order valence-electron chi connectivity index (χ0n) is 18.6. The number of methoxy groups -OCH3 is 1. The molecule has 0 aromatic carbocycles. The normalized spacial score (nSPS) is 21.1. The van der Waals surface area contributed by atoms with E-state index in [-0.39, 0.29) is 24.6 Å². The molecule has 0 aromatic heterocycles. The van der Waals surface area contributed by atoms with Gasteiger partial charge in [0.05, 0.1) is 13.7 Å². The maximum absolute atomic E-state index is 12.6. The summed E-state index contributed by atoms with van der Waals surface area (Å²) in [5, 5.41) is 0. The van der Waals surface area contributed by atoms with Crippen LogP contribution in [0, 0.1) is 5.41 Å². The van der Waals surface area contributed by atoms with Gasteiger partial charge in [0.25, 0.3) is 0 Å². The lowest BCUT2D eigenvalue weighted by molar-refractivity contribution is -0.165. The Morgan fingerprint density at radius 2 is 1.66 bits per heavy atom. The average molecular weight is 413 g/mol. The second kappa shape index (κ2) is 14.4. The Kier molecular flexibility index (Phi) is 12.6. The highest BCUT2D eigenvalue weighted by Crippen LogP contribution is 2.41. The van der Waals surface area contributed by atoms with Crippen LogP contribution in [-0.2, 0) is 28.6 Å². The Morgan fingerprint density at radius 1 is 1.00 bits per heavy atom. The zero-order chi connectivity index (χ0) is 21.5. The smallest absolute Gasteiger partial charge is 0.323 e. The van der Waals surface area contributed by atoms with Crippen LogP contribution in [0.25, 0.3) is 0 Å². The van der Waals surface area contributed by atoms with Gasteiger partial charge in [0.1, 0.15) is 6.10 Å². The highest BCUT2D eigenvalue weighted by Gasteiger charge is 2.55. The molecule has 168 valence electrons. The Balaban J connectivity index is 2.36. The Labute approximate surface area is 176 Å². The second-order valence-corrected chi connectivity index (χ2v) is 8.08. The van der Waals surface area contributed by atoms with Crippen LogP contribution < -0.4 is 0 Å². The summed E-state index contributed by atoms with van der Waals surface area (Å²) in [7, 11) is 1.42. The highest BCUT2D eigenvalue weighted by molar-refractivity contribution is 6.01. The molecule has 0 bridgehead atoms. The molecule has 0 aromatic rings. The summed E-state index contributed by atoms with van der Waals surface area (Å²) in [6.07, 6.45) is 12.3. The fourth-order valence-corrected chi connectivity index (χ4v) is 3.98. The summed E-state index contributed by atoms with van der Waals surface area (Å²) < 4.78 is 15.5. The monoisotopic (exact) mass is 412 g/mol. The third kappa shape index (κ3) is 8.75. The van der Waals surface area contributed by atoms with E-state index >= 15 is 0 Å². The van der Waals surface area contributed by atoms with Crippen LogP contribution in [-0.4, -0.2) is 37.7 Å². The molecule has 0 spiro atoms. The minimum atomic E-state index is -1.09. The van der Waals surface area contributed by atoms with E-state index in [0.29, 0.717) is 19.3 Å². The van der Waals surface area contributed by atoms with Gasteiger partial charge < -0.3 is 14.2 Å². The first-order chi connectivity index (χ1) is 14.0. The van der Waals surface area contributed by atoms with Gasteiger partial charge in [-0.05, 0) is 32.6 Å². The Bertz CT molecular complexity index is 504. The van der Waals surface area contributed by atoms with Crippen molar-refractivity contribution in [3.8, 4) is 0 Å². The third-order valence-corrected chi connectivity index (χ3v) is 5.75. The number of esters is 3. The van der Waals surface area contributed by atoms with Gasteiger partial charge in [-0.25, -0.2) is 0 Å². The number of rotatable bonds is 16. The minimum Gasteiger partial charge on any atom is -0.469 e. The third-order valence-electron chi connectivity index (χ3n) is 5.75. The van der Waals surface area contributed by atoms with E-state index in [4.69, 9.17) is 9.47 Å². The number of unbranched alkanes of at least 4 members (excludes halogenated alkanes) is 8. The van der Waals surface area contributed by atoms with Crippen LogP contribution in [0.15, 0.2) is 0 Å². The van der Waals surface area contributed by atoms with Crippen molar-refractivity contribution in [2.24, 2.45) is 5.41 Å². The molecule has 1 aliphatic heterocycles. The van der Waals surface area contributed by atoms with Crippen LogP contribution in [0.5, 0.6) is 0 Å². The summed E-state index contributed by atoms with van der Waals surface area (Å²) in [5.41, 5.74) is -1.09. The van der Waals surface area contributed by atoms with E-state index in [1.165, 1.54) is 7.11 Å². The molecule has 6 nitrogen and oxygen atoms in total. The molecule has 1 heterocycles. The first kappa shape index (κ1) is 25.4. The first-order valence-electron chi connectivity index (χ1n) is 11.4. The number of hydrogen-bond acceptors (Lipinski definition) is 6. The van der Waals surface area contributed by atoms with Crippen molar-refractivity contribution in [3.05, 3.63) is 0 Å². The molecular weight excluding hydrogens is 372 g/mol. The number of carbonyl (C=O) groups excluding carboxylic acids is 3. The molecule has 0 unspecified atom stereocenters. The molecule has 29 heavy (non-hydrogen) atoms. The van der Waals surface area contributed by atoms with Crippen molar-refractivity contribution in [1.29, 1.82) is 0 Å². The topological polar surface area (TPSA) is 78.9 Å². The van der Waals surface area contributed by atoms with Crippen LogP contribution in [0.2, 0.25) is 0 Å². The van der Waals surface area contributed by atoms with Crippen LogP contribution in [0.4, 0.5) is 0 Å². The Morgan fingerprint density at radius 3 is 2.31 bits per heavy atom. The van der Waals surface area contributed by atoms with Crippen LogP contribution in [0.1, 0.15) is 104 Å². The summed E-state index contributed by atoms with van der Waals surface area (Å²) >= 11 is 0. The fraction of sp³-hybridized carbons (Fsp3) is 0.870. The van der Waals surface area contributed by atoms with Crippen molar-refractivity contribution >= 4 is 17.9 Å². The van der Waals surface area contributed by atoms with E-state index in [2.05, 4.69) is 11.7 Å².